The van der Waals surface area contributed by atoms with E-state index in [0.717, 1.165) is 10.9 Å². The molecule has 4 rings (SSSR count). The predicted octanol–water partition coefficient (Wildman–Crippen LogP) is 3.79. The highest BCUT2D eigenvalue weighted by Gasteiger charge is 2.16. The summed E-state index contributed by atoms with van der Waals surface area (Å²) in [7, 11) is 0. The van der Waals surface area contributed by atoms with Crippen LogP contribution < -0.4 is 0 Å². The lowest BCUT2D eigenvalue weighted by molar-refractivity contribution is 0.0697. The molecule has 5 heteroatoms. The molecule has 0 aliphatic carbocycles. The van der Waals surface area contributed by atoms with Crippen LogP contribution in [0.4, 0.5) is 0 Å². The molecule has 2 aromatic heterocycles. The molecule has 0 bridgehead atoms. The van der Waals surface area contributed by atoms with Crippen molar-refractivity contribution in [3.8, 4) is 17.1 Å². The highest BCUT2D eigenvalue weighted by atomic mass is 16.4. The van der Waals surface area contributed by atoms with Gasteiger partial charge in [0.1, 0.15) is 0 Å². The number of fused-ring (bicyclic) bond motifs is 2. The van der Waals surface area contributed by atoms with Crippen molar-refractivity contribution in [2.75, 3.05) is 0 Å². The number of hydrogen-bond acceptors (Lipinski definition) is 3. The van der Waals surface area contributed by atoms with Crippen LogP contribution in [0.25, 0.3) is 33.1 Å². The number of nitrogens with one attached hydrogen (secondary N) is 1. The lowest BCUT2D eigenvalue weighted by Gasteiger charge is -2.03. The molecular weight excluding hydrogens is 292 g/mol. The Bertz CT molecular complexity index is 1070. The molecule has 0 aliphatic rings. The van der Waals surface area contributed by atoms with Gasteiger partial charge in [0, 0.05) is 16.3 Å². The number of nitrogens with zero attached hydrogens (tertiary/aromatic N) is 1. The van der Waals surface area contributed by atoms with E-state index in [1.807, 2.05) is 36.4 Å². The quantitative estimate of drug-likeness (QED) is 0.526. The average Bonchev–Trinajstić information content (AvgIpc) is 2.89. The number of aromatic carboxylic acids is 1. The summed E-state index contributed by atoms with van der Waals surface area (Å²) >= 11 is 0. The zero-order valence-electron chi connectivity index (χ0n) is 11.9. The van der Waals surface area contributed by atoms with Crippen molar-refractivity contribution in [1.82, 2.24) is 9.97 Å². The molecule has 0 radical (unpaired) electrons. The molecule has 0 unspecified atom stereocenters. The second-order valence-electron chi connectivity index (χ2n) is 5.30. The van der Waals surface area contributed by atoms with E-state index in [9.17, 15) is 9.90 Å². The molecule has 4 aromatic rings. The van der Waals surface area contributed by atoms with E-state index < -0.39 is 5.97 Å². The molecule has 0 amide bonds. The van der Waals surface area contributed by atoms with Gasteiger partial charge in [-0.15, -0.1) is 0 Å². The number of carboxylic acid groups (broad SMARTS) is 1. The number of aromatic nitrogens is 2. The smallest absolute Gasteiger partial charge is 0.335 e. The van der Waals surface area contributed by atoms with Gasteiger partial charge in [0.2, 0.25) is 0 Å². The Kier molecular flexibility index (Phi) is 2.81. The van der Waals surface area contributed by atoms with Crippen molar-refractivity contribution < 1.29 is 15.0 Å². The van der Waals surface area contributed by atoms with Crippen LogP contribution in [-0.2, 0) is 0 Å². The Morgan fingerprint density at radius 1 is 1.04 bits per heavy atom. The third kappa shape index (κ3) is 2.10. The molecule has 0 saturated carbocycles. The Hall–Kier alpha value is -3.34. The number of hydrogen-bond donors (Lipinski definition) is 3. The molecule has 3 N–H and O–H groups in total. The van der Waals surface area contributed by atoms with Gasteiger partial charge in [-0.25, -0.2) is 9.78 Å². The Labute approximate surface area is 130 Å². The standard InChI is InChI=1S/C18H12N2O3/c21-17-16(12-9-11(18(22)23)6-7-14(12)20-17)15-8-5-10-3-1-2-4-13(10)19-15/h1-9,20-21H,(H,22,23). The molecule has 2 heterocycles. The van der Waals surface area contributed by atoms with Crippen LogP contribution in [-0.4, -0.2) is 26.2 Å². The summed E-state index contributed by atoms with van der Waals surface area (Å²) in [6, 6.07) is 16.1. The Balaban J connectivity index is 2.00. The number of para-hydroxylation sites is 1. The fourth-order valence-corrected chi connectivity index (χ4v) is 2.78. The normalized spacial score (nSPS) is 11.1. The molecule has 0 saturated heterocycles. The number of rotatable bonds is 2. The predicted molar refractivity (Wildman–Crippen MR) is 87.7 cm³/mol. The highest BCUT2D eigenvalue weighted by molar-refractivity contribution is 6.02. The number of aromatic amines is 1. The molecule has 0 fully saturated rings. The monoisotopic (exact) mass is 304 g/mol. The summed E-state index contributed by atoms with van der Waals surface area (Å²) in [4.78, 5) is 18.6. The number of aromatic hydroxyl groups is 1. The minimum atomic E-state index is -1.01. The van der Waals surface area contributed by atoms with Crippen LogP contribution >= 0.6 is 0 Å². The van der Waals surface area contributed by atoms with Crippen molar-refractivity contribution in [3.05, 3.63) is 60.2 Å². The number of carbonyl (C=O) groups is 1. The number of carboxylic acids is 1. The molecule has 0 atom stereocenters. The van der Waals surface area contributed by atoms with E-state index in [2.05, 4.69) is 9.97 Å². The van der Waals surface area contributed by atoms with Crippen LogP contribution in [0.1, 0.15) is 10.4 Å². The first-order chi connectivity index (χ1) is 11.1. The van der Waals surface area contributed by atoms with Crippen molar-refractivity contribution in [3.63, 3.8) is 0 Å². The first kappa shape index (κ1) is 13.3. The zero-order valence-corrected chi connectivity index (χ0v) is 11.9. The van der Waals surface area contributed by atoms with E-state index >= 15 is 0 Å². The maximum atomic E-state index is 11.2. The van der Waals surface area contributed by atoms with Crippen molar-refractivity contribution in [2.45, 2.75) is 0 Å². The van der Waals surface area contributed by atoms with Gasteiger partial charge in [-0.2, -0.15) is 0 Å². The average molecular weight is 304 g/mol. The maximum absolute atomic E-state index is 11.2. The minimum absolute atomic E-state index is 0.0229. The summed E-state index contributed by atoms with van der Waals surface area (Å²) in [5.74, 6) is -1.03. The second kappa shape index (κ2) is 4.84. The van der Waals surface area contributed by atoms with E-state index in [-0.39, 0.29) is 11.4 Å². The SMILES string of the molecule is O=C(O)c1ccc2[nH]c(O)c(-c3ccc4ccccc4n3)c2c1. The molecular formula is C18H12N2O3. The highest BCUT2D eigenvalue weighted by Crippen LogP contribution is 2.36. The number of H-pyrrole nitrogens is 1. The summed E-state index contributed by atoms with van der Waals surface area (Å²) in [5.41, 5.74) is 2.74. The van der Waals surface area contributed by atoms with Gasteiger partial charge in [0.15, 0.2) is 5.88 Å². The molecule has 112 valence electrons. The van der Waals surface area contributed by atoms with Gasteiger partial charge in [-0.05, 0) is 30.3 Å². The van der Waals surface area contributed by atoms with Crippen LogP contribution in [0, 0.1) is 0 Å². The van der Waals surface area contributed by atoms with E-state index in [4.69, 9.17) is 5.11 Å². The fraction of sp³-hybridized carbons (Fsp3) is 0. The third-order valence-corrected chi connectivity index (χ3v) is 3.88. The van der Waals surface area contributed by atoms with E-state index in [1.54, 1.807) is 12.1 Å². The molecule has 5 nitrogen and oxygen atoms in total. The fourth-order valence-electron chi connectivity index (χ4n) is 2.78. The summed E-state index contributed by atoms with van der Waals surface area (Å²) in [5, 5.41) is 21.0. The van der Waals surface area contributed by atoms with Crippen LogP contribution in [0.5, 0.6) is 5.88 Å². The summed E-state index contributed by atoms with van der Waals surface area (Å²) < 4.78 is 0. The van der Waals surface area contributed by atoms with Crippen LogP contribution in [0.2, 0.25) is 0 Å². The first-order valence-electron chi connectivity index (χ1n) is 7.07. The van der Waals surface area contributed by atoms with Gasteiger partial charge < -0.3 is 15.2 Å². The lowest BCUT2D eigenvalue weighted by Crippen LogP contribution is -1.95. The Morgan fingerprint density at radius 3 is 2.70 bits per heavy atom. The largest absolute Gasteiger partial charge is 0.494 e. The topological polar surface area (TPSA) is 86.2 Å². The van der Waals surface area contributed by atoms with Crippen LogP contribution in [0.3, 0.4) is 0 Å². The molecule has 2 aromatic carbocycles. The van der Waals surface area contributed by atoms with Gasteiger partial charge >= 0.3 is 5.97 Å². The molecule has 0 spiro atoms. The maximum Gasteiger partial charge on any atom is 0.335 e. The van der Waals surface area contributed by atoms with Crippen molar-refractivity contribution in [2.24, 2.45) is 0 Å². The van der Waals surface area contributed by atoms with Crippen molar-refractivity contribution >= 4 is 27.8 Å². The second-order valence-corrected chi connectivity index (χ2v) is 5.30. The number of pyridine rings is 1. The van der Waals surface area contributed by atoms with E-state index in [1.165, 1.54) is 6.07 Å². The van der Waals surface area contributed by atoms with Crippen molar-refractivity contribution in [1.29, 1.82) is 0 Å². The zero-order chi connectivity index (χ0) is 16.0. The van der Waals surface area contributed by atoms with Gasteiger partial charge in [-0.1, -0.05) is 24.3 Å². The van der Waals surface area contributed by atoms with Crippen LogP contribution in [0.15, 0.2) is 54.6 Å². The van der Waals surface area contributed by atoms with Gasteiger partial charge in [0.05, 0.1) is 22.3 Å². The summed E-state index contributed by atoms with van der Waals surface area (Å²) in [6.07, 6.45) is 0. The molecule has 0 aliphatic heterocycles. The van der Waals surface area contributed by atoms with E-state index in [0.29, 0.717) is 22.2 Å². The number of benzene rings is 2. The lowest BCUT2D eigenvalue weighted by atomic mass is 10.1. The molecule has 23 heavy (non-hydrogen) atoms. The minimum Gasteiger partial charge on any atom is -0.494 e. The van der Waals surface area contributed by atoms with Gasteiger partial charge in [-0.3, -0.25) is 0 Å². The summed E-state index contributed by atoms with van der Waals surface area (Å²) in [6.45, 7) is 0. The Morgan fingerprint density at radius 2 is 1.87 bits per heavy atom. The third-order valence-electron chi connectivity index (χ3n) is 3.88. The first-order valence-corrected chi connectivity index (χ1v) is 7.07. The van der Waals surface area contributed by atoms with Gasteiger partial charge in [0.25, 0.3) is 0 Å².